The molecule has 226 valence electrons. The molecule has 3 N–H and O–H groups in total. The lowest BCUT2D eigenvalue weighted by atomic mass is 9.71. The number of carbonyl (C=O) groups excluding carboxylic acids is 1. The van der Waals surface area contributed by atoms with E-state index in [2.05, 4.69) is 54.2 Å². The van der Waals surface area contributed by atoms with Crippen LogP contribution in [0.25, 0.3) is 21.3 Å². The first kappa shape index (κ1) is 29.7. The van der Waals surface area contributed by atoms with Gasteiger partial charge in [-0.1, -0.05) is 45.0 Å². The Bertz CT molecular complexity index is 1630. The number of β-amino-alcohol motifs (C(OH)–C–C–N with tert-alkyl or cyclic N) is 1. The maximum Gasteiger partial charge on any atom is 0.261 e. The van der Waals surface area contributed by atoms with Gasteiger partial charge in [-0.3, -0.25) is 9.59 Å². The Morgan fingerprint density at radius 3 is 2.65 bits per heavy atom. The summed E-state index contributed by atoms with van der Waals surface area (Å²) in [5.74, 6) is 0.555. The van der Waals surface area contributed by atoms with Gasteiger partial charge in [-0.2, -0.15) is 0 Å². The van der Waals surface area contributed by atoms with Crippen molar-refractivity contribution >= 4 is 27.5 Å². The van der Waals surface area contributed by atoms with E-state index < -0.39 is 0 Å². The highest BCUT2D eigenvalue weighted by Gasteiger charge is 2.30. The van der Waals surface area contributed by atoms with E-state index in [4.69, 9.17) is 4.98 Å². The number of carbonyl (C=O) groups is 1. The molecule has 0 spiro atoms. The standard InChI is InChI=1S/C35H42N4O3S/c1-35(2,3)27-11-12-29-25(18-27)17-26-19-31(43-34(26)38-29)33(42)37-30(14-16-39-15-4-5-28(40)21-39)23-8-6-22(7-9-23)24-10-13-32(41)36-20-24/h6-10,13,17,19-20,27-28,30,40H,4-5,11-12,14-16,18,21H2,1-3H3,(H,36,41)(H,37,42)/t27-,28?,30+/m0/s1. The van der Waals surface area contributed by atoms with Gasteiger partial charge in [-0.05, 0) is 96.9 Å². The molecule has 1 aliphatic heterocycles. The van der Waals surface area contributed by atoms with E-state index in [1.807, 2.05) is 24.3 Å². The molecule has 0 bridgehead atoms. The number of hydrogen-bond acceptors (Lipinski definition) is 6. The van der Waals surface area contributed by atoms with E-state index in [-0.39, 0.29) is 29.0 Å². The average Bonchev–Trinajstić information content (AvgIpc) is 3.41. The number of aliphatic hydroxyl groups excluding tert-OH is 1. The summed E-state index contributed by atoms with van der Waals surface area (Å²) in [6.45, 7) is 9.40. The second-order valence-electron chi connectivity index (χ2n) is 13.4. The topological polar surface area (TPSA) is 98.3 Å². The smallest absolute Gasteiger partial charge is 0.261 e. The Labute approximate surface area is 257 Å². The highest BCUT2D eigenvalue weighted by molar-refractivity contribution is 7.20. The maximum atomic E-state index is 13.7. The molecule has 3 aromatic heterocycles. The Morgan fingerprint density at radius 2 is 1.93 bits per heavy atom. The predicted molar refractivity (Wildman–Crippen MR) is 174 cm³/mol. The molecule has 0 radical (unpaired) electrons. The molecule has 6 rings (SSSR count). The molecule has 1 fully saturated rings. The Kier molecular flexibility index (Phi) is 8.54. The summed E-state index contributed by atoms with van der Waals surface area (Å²) in [7, 11) is 0. The van der Waals surface area contributed by atoms with E-state index in [1.54, 1.807) is 6.20 Å². The molecule has 1 saturated heterocycles. The third kappa shape index (κ3) is 6.92. The number of thiophene rings is 1. The quantitative estimate of drug-likeness (QED) is 0.238. The predicted octanol–water partition coefficient (Wildman–Crippen LogP) is 6.12. The molecule has 7 nitrogen and oxygen atoms in total. The lowest BCUT2D eigenvalue weighted by Crippen LogP contribution is -2.40. The number of likely N-dealkylation sites (tertiary alicyclic amines) is 1. The summed E-state index contributed by atoms with van der Waals surface area (Å²) < 4.78 is 0. The summed E-state index contributed by atoms with van der Waals surface area (Å²) in [5.41, 5.74) is 5.62. The number of aromatic amines is 1. The second kappa shape index (κ2) is 12.3. The number of H-pyrrole nitrogens is 1. The first-order valence-electron chi connectivity index (χ1n) is 15.5. The molecule has 1 aromatic carbocycles. The third-order valence-corrected chi connectivity index (χ3v) is 10.3. The molecule has 1 amide bonds. The minimum Gasteiger partial charge on any atom is -0.392 e. The number of aryl methyl sites for hydroxylation is 1. The van der Waals surface area contributed by atoms with Gasteiger partial charge in [0.1, 0.15) is 4.83 Å². The summed E-state index contributed by atoms with van der Waals surface area (Å²) in [6, 6.07) is 15.6. The SMILES string of the molecule is CC(C)(C)[C@H]1CCc2nc3sc(C(=O)N[C@H](CCN4CCCC(O)C4)c4ccc(-c5ccc(=O)[nH]c5)cc4)cc3cc2C1. The molecule has 8 heteroatoms. The number of rotatable bonds is 7. The van der Waals surface area contributed by atoms with Gasteiger partial charge in [0.2, 0.25) is 5.56 Å². The molecule has 2 aliphatic rings. The fourth-order valence-electron chi connectivity index (χ4n) is 6.57. The van der Waals surface area contributed by atoms with Crippen LogP contribution in [0.4, 0.5) is 0 Å². The highest BCUT2D eigenvalue weighted by Crippen LogP contribution is 2.38. The van der Waals surface area contributed by atoms with E-state index in [9.17, 15) is 14.7 Å². The summed E-state index contributed by atoms with van der Waals surface area (Å²) in [4.78, 5) is 36.9. The van der Waals surface area contributed by atoms with E-state index >= 15 is 0 Å². The lowest BCUT2D eigenvalue weighted by molar-refractivity contribution is 0.0677. The number of pyridine rings is 2. The van der Waals surface area contributed by atoms with Crippen molar-refractivity contribution in [3.05, 3.63) is 86.8 Å². The van der Waals surface area contributed by atoms with Crippen LogP contribution in [-0.4, -0.2) is 51.6 Å². The normalized spacial score (nSPS) is 20.1. The number of hydrogen-bond donors (Lipinski definition) is 3. The number of nitrogens with zero attached hydrogens (tertiary/aromatic N) is 2. The van der Waals surface area contributed by atoms with Gasteiger partial charge in [0.05, 0.1) is 17.0 Å². The van der Waals surface area contributed by atoms with Crippen LogP contribution in [0.5, 0.6) is 0 Å². The van der Waals surface area contributed by atoms with Gasteiger partial charge in [-0.15, -0.1) is 11.3 Å². The minimum absolute atomic E-state index is 0.0815. The van der Waals surface area contributed by atoms with Crippen molar-refractivity contribution in [2.45, 2.75) is 71.4 Å². The molecular formula is C35H42N4O3S. The molecule has 3 atom stereocenters. The maximum absolute atomic E-state index is 13.7. The Morgan fingerprint density at radius 1 is 1.14 bits per heavy atom. The van der Waals surface area contributed by atoms with E-state index in [1.165, 1.54) is 28.7 Å². The monoisotopic (exact) mass is 598 g/mol. The van der Waals surface area contributed by atoms with Crippen LogP contribution in [0, 0.1) is 11.3 Å². The zero-order valence-corrected chi connectivity index (χ0v) is 26.2. The molecule has 43 heavy (non-hydrogen) atoms. The van der Waals surface area contributed by atoms with Crippen LogP contribution in [0.1, 0.15) is 79.0 Å². The molecule has 1 aliphatic carbocycles. The molecule has 0 saturated carbocycles. The number of nitrogens with one attached hydrogen (secondary N) is 2. The van der Waals surface area contributed by atoms with Gasteiger partial charge in [0.25, 0.3) is 5.91 Å². The number of amides is 1. The zero-order chi connectivity index (χ0) is 30.1. The largest absolute Gasteiger partial charge is 0.392 e. The second-order valence-corrected chi connectivity index (χ2v) is 14.4. The number of aromatic nitrogens is 2. The average molecular weight is 599 g/mol. The Balaban J connectivity index is 1.22. The highest BCUT2D eigenvalue weighted by atomic mass is 32.1. The zero-order valence-electron chi connectivity index (χ0n) is 25.4. The Hall–Kier alpha value is -3.33. The van der Waals surface area contributed by atoms with E-state index in [0.717, 1.165) is 78.5 Å². The minimum atomic E-state index is -0.283. The first-order valence-corrected chi connectivity index (χ1v) is 16.4. The fourth-order valence-corrected chi connectivity index (χ4v) is 7.51. The van der Waals surface area contributed by atoms with Gasteiger partial charge in [0.15, 0.2) is 0 Å². The van der Waals surface area contributed by atoms with Gasteiger partial charge in [0, 0.05) is 36.4 Å². The molecule has 1 unspecified atom stereocenters. The molecule has 4 aromatic rings. The van der Waals surface area contributed by atoms with Gasteiger partial charge >= 0.3 is 0 Å². The van der Waals surface area contributed by atoms with E-state index in [0.29, 0.717) is 17.3 Å². The van der Waals surface area contributed by atoms with Crippen molar-refractivity contribution in [3.8, 4) is 11.1 Å². The summed E-state index contributed by atoms with van der Waals surface area (Å²) >= 11 is 1.47. The van der Waals surface area contributed by atoms with Crippen LogP contribution < -0.4 is 10.9 Å². The van der Waals surface area contributed by atoms with Crippen molar-refractivity contribution in [1.82, 2.24) is 20.2 Å². The van der Waals surface area contributed by atoms with Gasteiger partial charge < -0.3 is 20.3 Å². The van der Waals surface area contributed by atoms with Crippen LogP contribution in [0.2, 0.25) is 0 Å². The summed E-state index contributed by atoms with van der Waals surface area (Å²) in [5, 5.41) is 14.6. The van der Waals surface area contributed by atoms with Crippen LogP contribution in [0.3, 0.4) is 0 Å². The fraction of sp³-hybridized carbons (Fsp3) is 0.457. The number of aliphatic hydroxyl groups is 1. The van der Waals surface area contributed by atoms with Crippen molar-refractivity contribution in [3.63, 3.8) is 0 Å². The van der Waals surface area contributed by atoms with Crippen molar-refractivity contribution in [2.75, 3.05) is 19.6 Å². The number of benzene rings is 1. The van der Waals surface area contributed by atoms with Crippen molar-refractivity contribution in [1.29, 1.82) is 0 Å². The first-order chi connectivity index (χ1) is 20.6. The van der Waals surface area contributed by atoms with Crippen LogP contribution >= 0.6 is 11.3 Å². The van der Waals surface area contributed by atoms with Crippen molar-refractivity contribution in [2.24, 2.45) is 11.3 Å². The number of piperidine rings is 1. The van der Waals surface area contributed by atoms with Gasteiger partial charge in [-0.25, -0.2) is 4.98 Å². The number of fused-ring (bicyclic) bond motifs is 2. The van der Waals surface area contributed by atoms with Crippen LogP contribution in [-0.2, 0) is 12.8 Å². The van der Waals surface area contributed by atoms with Crippen LogP contribution in [0.15, 0.2) is 59.5 Å². The summed E-state index contributed by atoms with van der Waals surface area (Å²) in [6.07, 6.45) is 7.21. The third-order valence-electron chi connectivity index (χ3n) is 9.27. The molecule has 4 heterocycles. The lowest BCUT2D eigenvalue weighted by Gasteiger charge is -2.34. The van der Waals surface area contributed by atoms with Crippen molar-refractivity contribution < 1.29 is 9.90 Å². The molecular weight excluding hydrogens is 556 g/mol.